The zero-order valence-electron chi connectivity index (χ0n) is 16.1. The third-order valence-electron chi connectivity index (χ3n) is 4.51. The van der Waals surface area contributed by atoms with Crippen LogP contribution in [0.2, 0.25) is 0 Å². The van der Waals surface area contributed by atoms with Gasteiger partial charge in [-0.05, 0) is 30.4 Å². The molecule has 29 heavy (non-hydrogen) atoms. The SMILES string of the molecule is O=C(Nc1cccc2ccccc12)O[C@@H](CCCO)c1ccccc1OCCO. The largest absolute Gasteiger partial charge is 0.491 e. The first-order chi connectivity index (χ1) is 14.2. The molecule has 6 nitrogen and oxygen atoms in total. The third-order valence-corrected chi connectivity index (χ3v) is 4.51. The van der Waals surface area contributed by atoms with Crippen molar-refractivity contribution in [3.63, 3.8) is 0 Å². The molecule has 1 atom stereocenters. The van der Waals surface area contributed by atoms with Crippen LogP contribution in [0.5, 0.6) is 5.75 Å². The van der Waals surface area contributed by atoms with Crippen molar-refractivity contribution in [3.05, 3.63) is 72.3 Å². The Labute approximate surface area is 169 Å². The van der Waals surface area contributed by atoms with Gasteiger partial charge in [0.1, 0.15) is 18.5 Å². The topological polar surface area (TPSA) is 88.0 Å². The minimum absolute atomic E-state index is 0.00946. The Kier molecular flexibility index (Phi) is 7.44. The summed E-state index contributed by atoms with van der Waals surface area (Å²) in [6.07, 6.45) is -0.257. The number of hydrogen-bond acceptors (Lipinski definition) is 5. The number of aliphatic hydroxyl groups is 2. The zero-order chi connectivity index (χ0) is 20.5. The first kappa shape index (κ1) is 20.6. The molecule has 3 rings (SSSR count). The average Bonchev–Trinajstić information content (AvgIpc) is 2.75. The maximum Gasteiger partial charge on any atom is 0.412 e. The maximum absolute atomic E-state index is 12.7. The van der Waals surface area contributed by atoms with E-state index in [-0.39, 0.29) is 19.8 Å². The van der Waals surface area contributed by atoms with Crippen LogP contribution in [0.25, 0.3) is 10.8 Å². The molecular formula is C23H25NO5. The molecule has 0 saturated heterocycles. The van der Waals surface area contributed by atoms with Gasteiger partial charge in [0.05, 0.1) is 12.3 Å². The summed E-state index contributed by atoms with van der Waals surface area (Å²) in [5.74, 6) is 0.544. The molecule has 1 amide bonds. The number of aliphatic hydroxyl groups excluding tert-OH is 2. The molecule has 6 heteroatoms. The summed E-state index contributed by atoms with van der Waals surface area (Å²) >= 11 is 0. The van der Waals surface area contributed by atoms with Gasteiger partial charge in [-0.1, -0.05) is 54.6 Å². The van der Waals surface area contributed by atoms with Crippen LogP contribution in [0.4, 0.5) is 10.5 Å². The van der Waals surface area contributed by atoms with Crippen LogP contribution in [0.15, 0.2) is 66.7 Å². The molecule has 152 valence electrons. The Morgan fingerprint density at radius 2 is 1.69 bits per heavy atom. The quantitative estimate of drug-likeness (QED) is 0.503. The second-order valence-corrected chi connectivity index (χ2v) is 6.52. The Bertz CT molecular complexity index is 938. The van der Waals surface area contributed by atoms with Crippen molar-refractivity contribution in [1.82, 2.24) is 0 Å². The van der Waals surface area contributed by atoms with Crippen molar-refractivity contribution in [2.45, 2.75) is 18.9 Å². The Morgan fingerprint density at radius 3 is 2.52 bits per heavy atom. The van der Waals surface area contributed by atoms with Crippen LogP contribution in [0.3, 0.4) is 0 Å². The summed E-state index contributed by atoms with van der Waals surface area (Å²) in [4.78, 5) is 12.7. The Hall–Kier alpha value is -3.09. The van der Waals surface area contributed by atoms with Gasteiger partial charge in [-0.2, -0.15) is 0 Å². The van der Waals surface area contributed by atoms with E-state index in [0.29, 0.717) is 29.8 Å². The molecule has 0 heterocycles. The van der Waals surface area contributed by atoms with E-state index in [4.69, 9.17) is 14.6 Å². The number of para-hydroxylation sites is 1. The molecule has 0 saturated carbocycles. The van der Waals surface area contributed by atoms with Crippen molar-refractivity contribution < 1.29 is 24.5 Å². The van der Waals surface area contributed by atoms with E-state index in [1.54, 1.807) is 6.07 Å². The number of hydrogen-bond donors (Lipinski definition) is 3. The monoisotopic (exact) mass is 395 g/mol. The van der Waals surface area contributed by atoms with Gasteiger partial charge in [-0.25, -0.2) is 4.79 Å². The van der Waals surface area contributed by atoms with Crippen LogP contribution >= 0.6 is 0 Å². The van der Waals surface area contributed by atoms with Gasteiger partial charge in [-0.3, -0.25) is 5.32 Å². The number of carbonyl (C=O) groups is 1. The van der Waals surface area contributed by atoms with Gasteiger partial charge in [0, 0.05) is 17.6 Å². The predicted octanol–water partition coefficient (Wildman–Crippen LogP) is 4.27. The summed E-state index contributed by atoms with van der Waals surface area (Å²) in [5.41, 5.74) is 1.36. The lowest BCUT2D eigenvalue weighted by atomic mass is 10.0. The number of benzene rings is 3. The van der Waals surface area contributed by atoms with Crippen LogP contribution in [-0.4, -0.2) is 36.1 Å². The van der Waals surface area contributed by atoms with Gasteiger partial charge in [0.15, 0.2) is 0 Å². The van der Waals surface area contributed by atoms with E-state index in [0.717, 1.165) is 10.8 Å². The van der Waals surface area contributed by atoms with Crippen molar-refractivity contribution in [3.8, 4) is 5.75 Å². The fraction of sp³-hybridized carbons (Fsp3) is 0.261. The van der Waals surface area contributed by atoms with Gasteiger partial charge in [0.25, 0.3) is 0 Å². The van der Waals surface area contributed by atoms with Crippen molar-refractivity contribution in [1.29, 1.82) is 0 Å². The van der Waals surface area contributed by atoms with Crippen molar-refractivity contribution >= 4 is 22.6 Å². The number of rotatable bonds is 9. The van der Waals surface area contributed by atoms with E-state index < -0.39 is 12.2 Å². The van der Waals surface area contributed by atoms with E-state index in [9.17, 15) is 9.90 Å². The highest BCUT2D eigenvalue weighted by Gasteiger charge is 2.21. The fourth-order valence-electron chi connectivity index (χ4n) is 3.19. The minimum Gasteiger partial charge on any atom is -0.491 e. The molecule has 3 aromatic rings. The molecule has 0 fully saturated rings. The molecule has 0 spiro atoms. The van der Waals surface area contributed by atoms with E-state index in [2.05, 4.69) is 5.32 Å². The molecule has 0 aromatic heterocycles. The lowest BCUT2D eigenvalue weighted by Crippen LogP contribution is -2.19. The standard InChI is InChI=1S/C23H25NO5/c25-14-6-13-22(19-10-3-4-12-21(19)28-16-15-26)29-23(27)24-20-11-5-8-17-7-1-2-9-18(17)20/h1-5,7-12,22,25-26H,6,13-16H2,(H,24,27)/t22-/m0/s1. The lowest BCUT2D eigenvalue weighted by molar-refractivity contribution is 0.0965. The van der Waals surface area contributed by atoms with Gasteiger partial charge in [-0.15, -0.1) is 0 Å². The molecule has 0 aliphatic carbocycles. The molecule has 0 aliphatic rings. The van der Waals surface area contributed by atoms with E-state index in [1.807, 2.05) is 60.7 Å². The average molecular weight is 395 g/mol. The second-order valence-electron chi connectivity index (χ2n) is 6.52. The van der Waals surface area contributed by atoms with Crippen molar-refractivity contribution in [2.75, 3.05) is 25.1 Å². The summed E-state index contributed by atoms with van der Waals surface area (Å²) in [5, 5.41) is 23.0. The fourth-order valence-corrected chi connectivity index (χ4v) is 3.19. The molecule has 3 N–H and O–H groups in total. The Balaban J connectivity index is 1.79. The van der Waals surface area contributed by atoms with E-state index in [1.165, 1.54) is 0 Å². The number of anilines is 1. The van der Waals surface area contributed by atoms with E-state index >= 15 is 0 Å². The molecular weight excluding hydrogens is 370 g/mol. The highest BCUT2D eigenvalue weighted by atomic mass is 16.6. The molecule has 0 unspecified atom stereocenters. The predicted molar refractivity (Wildman–Crippen MR) is 112 cm³/mol. The lowest BCUT2D eigenvalue weighted by Gasteiger charge is -2.21. The Morgan fingerprint density at radius 1 is 0.931 bits per heavy atom. The highest BCUT2D eigenvalue weighted by Crippen LogP contribution is 2.32. The first-order valence-corrected chi connectivity index (χ1v) is 9.61. The molecule has 0 bridgehead atoms. The third kappa shape index (κ3) is 5.47. The normalized spacial score (nSPS) is 11.8. The van der Waals surface area contributed by atoms with Gasteiger partial charge < -0.3 is 19.7 Å². The first-order valence-electron chi connectivity index (χ1n) is 9.61. The summed E-state index contributed by atoms with van der Waals surface area (Å²) in [6.45, 7) is 0.0223. The number of carbonyl (C=O) groups excluding carboxylic acids is 1. The van der Waals surface area contributed by atoms with Gasteiger partial charge >= 0.3 is 6.09 Å². The highest BCUT2D eigenvalue weighted by molar-refractivity contribution is 6.00. The number of amides is 1. The number of fused-ring (bicyclic) bond motifs is 1. The summed E-state index contributed by atoms with van der Waals surface area (Å²) < 4.78 is 11.3. The number of ether oxygens (including phenoxy) is 2. The second kappa shape index (κ2) is 10.5. The molecule has 3 aromatic carbocycles. The minimum atomic E-state index is -0.591. The summed E-state index contributed by atoms with van der Waals surface area (Å²) in [6, 6.07) is 20.7. The summed E-state index contributed by atoms with van der Waals surface area (Å²) in [7, 11) is 0. The van der Waals surface area contributed by atoms with Crippen LogP contribution in [0.1, 0.15) is 24.5 Å². The molecule has 0 radical (unpaired) electrons. The number of nitrogens with one attached hydrogen (secondary N) is 1. The van der Waals surface area contributed by atoms with Crippen LogP contribution < -0.4 is 10.1 Å². The van der Waals surface area contributed by atoms with Crippen LogP contribution in [0, 0.1) is 0 Å². The molecule has 0 aliphatic heterocycles. The van der Waals surface area contributed by atoms with Crippen molar-refractivity contribution in [2.24, 2.45) is 0 Å². The van der Waals surface area contributed by atoms with Crippen LogP contribution in [-0.2, 0) is 4.74 Å². The maximum atomic E-state index is 12.7. The van der Waals surface area contributed by atoms with Gasteiger partial charge in [0.2, 0.25) is 0 Å². The smallest absolute Gasteiger partial charge is 0.412 e. The zero-order valence-corrected chi connectivity index (χ0v) is 16.1.